The van der Waals surface area contributed by atoms with Crippen LogP contribution in [-0.2, 0) is 14.3 Å². The van der Waals surface area contributed by atoms with Crippen LogP contribution in [-0.4, -0.2) is 47.4 Å². The van der Waals surface area contributed by atoms with Crippen LogP contribution in [0.1, 0.15) is 354 Å². The summed E-state index contributed by atoms with van der Waals surface area (Å²) in [6.07, 6.45) is 71.0. The lowest BCUT2D eigenvalue weighted by molar-refractivity contribution is -0.143. The van der Waals surface area contributed by atoms with Gasteiger partial charge in [-0.2, -0.15) is 0 Å². The third-order valence-electron chi connectivity index (χ3n) is 14.8. The zero-order chi connectivity index (χ0) is 50.0. The molecule has 0 aliphatic carbocycles. The van der Waals surface area contributed by atoms with Crippen molar-refractivity contribution in [1.82, 2.24) is 5.32 Å². The summed E-state index contributed by atoms with van der Waals surface area (Å²) in [7, 11) is 0. The van der Waals surface area contributed by atoms with Crippen LogP contribution in [0, 0.1) is 0 Å². The van der Waals surface area contributed by atoms with Crippen molar-refractivity contribution >= 4 is 11.9 Å². The van der Waals surface area contributed by atoms with Crippen molar-refractivity contribution < 1.29 is 24.5 Å². The molecule has 0 fully saturated rings. The predicted molar refractivity (Wildman–Crippen MR) is 301 cm³/mol. The topological polar surface area (TPSA) is 95.9 Å². The summed E-state index contributed by atoms with van der Waals surface area (Å²) in [5.41, 5.74) is 0. The van der Waals surface area contributed by atoms with Gasteiger partial charge in [0.25, 0.3) is 0 Å². The van der Waals surface area contributed by atoms with E-state index in [0.717, 1.165) is 44.9 Å². The Hall–Kier alpha value is -1.40. The molecule has 2 unspecified atom stereocenters. The van der Waals surface area contributed by atoms with Crippen molar-refractivity contribution in [3.63, 3.8) is 0 Å². The third-order valence-corrected chi connectivity index (χ3v) is 14.8. The molecule has 6 nitrogen and oxygen atoms in total. The van der Waals surface area contributed by atoms with Crippen LogP contribution in [0.5, 0.6) is 0 Å². The second kappa shape index (κ2) is 59.2. The highest BCUT2D eigenvalue weighted by Gasteiger charge is 2.18. The Kier molecular flexibility index (Phi) is 58.0. The number of allylic oxidation sites excluding steroid dienone is 1. The van der Waals surface area contributed by atoms with Gasteiger partial charge in [0.15, 0.2) is 0 Å². The zero-order valence-corrected chi connectivity index (χ0v) is 46.8. The molecule has 0 saturated heterocycles. The number of ether oxygens (including phenoxy) is 1. The standard InChI is InChI=1S/C63H123NO5/c1-3-5-7-9-11-13-15-17-19-21-22-23-24-25-27-31-35-39-43-47-51-55-61(66)60(59-65)64-62(67)56-52-48-44-40-36-32-28-26-30-34-38-42-46-50-54-58-69-63(68)57-53-49-45-41-37-33-29-20-18-16-14-12-10-8-6-4-2/h51,55,60-61,65-66H,3-50,52-54,56-59H2,1-2H3,(H,64,67)/b55-51+. The van der Waals surface area contributed by atoms with Crippen molar-refractivity contribution in [3.05, 3.63) is 12.2 Å². The number of unbranched alkanes of at least 4 members (excludes halogenated alkanes) is 48. The highest BCUT2D eigenvalue weighted by Crippen LogP contribution is 2.18. The molecule has 0 radical (unpaired) electrons. The number of hydrogen-bond acceptors (Lipinski definition) is 5. The average molecular weight is 975 g/mol. The van der Waals surface area contributed by atoms with Gasteiger partial charge in [-0.1, -0.05) is 321 Å². The van der Waals surface area contributed by atoms with Crippen molar-refractivity contribution in [3.8, 4) is 0 Å². The lowest BCUT2D eigenvalue weighted by Gasteiger charge is -2.20. The fourth-order valence-corrected chi connectivity index (χ4v) is 9.99. The van der Waals surface area contributed by atoms with Crippen LogP contribution >= 0.6 is 0 Å². The van der Waals surface area contributed by atoms with Gasteiger partial charge in [0.05, 0.1) is 25.4 Å². The predicted octanol–water partition coefficient (Wildman–Crippen LogP) is 19.6. The first-order chi connectivity index (χ1) is 34.0. The van der Waals surface area contributed by atoms with E-state index in [-0.39, 0.29) is 18.5 Å². The molecule has 410 valence electrons. The minimum Gasteiger partial charge on any atom is -0.466 e. The molecule has 2 atom stereocenters. The Labute approximate surface area is 431 Å². The highest BCUT2D eigenvalue weighted by molar-refractivity contribution is 5.76. The maximum Gasteiger partial charge on any atom is 0.305 e. The maximum atomic E-state index is 12.5. The SMILES string of the molecule is CCCCCCCCCCCCCCCCCCCCC/C=C/C(O)C(CO)NC(=O)CCCCCCCCCCCCCCCCCOC(=O)CCCCCCCCCCCCCCCCCC. The van der Waals surface area contributed by atoms with E-state index in [9.17, 15) is 19.8 Å². The number of rotatable bonds is 59. The van der Waals surface area contributed by atoms with Gasteiger partial charge in [-0.15, -0.1) is 0 Å². The molecule has 0 rings (SSSR count). The summed E-state index contributed by atoms with van der Waals surface area (Å²) in [5, 5.41) is 23.2. The van der Waals surface area contributed by atoms with Gasteiger partial charge in [0, 0.05) is 12.8 Å². The number of carbonyl (C=O) groups is 2. The summed E-state index contributed by atoms with van der Waals surface area (Å²) in [5.74, 6) is -0.0683. The number of aliphatic hydroxyl groups is 2. The van der Waals surface area contributed by atoms with Gasteiger partial charge in [0.2, 0.25) is 5.91 Å². The summed E-state index contributed by atoms with van der Waals surface area (Å²) >= 11 is 0. The number of nitrogens with one attached hydrogen (secondary N) is 1. The van der Waals surface area contributed by atoms with E-state index >= 15 is 0 Å². The molecule has 69 heavy (non-hydrogen) atoms. The van der Waals surface area contributed by atoms with E-state index in [1.54, 1.807) is 6.08 Å². The molecule has 3 N–H and O–H groups in total. The van der Waals surface area contributed by atoms with Crippen molar-refractivity contribution in [1.29, 1.82) is 0 Å². The minimum atomic E-state index is -0.850. The molecule has 0 aromatic rings. The number of esters is 1. The van der Waals surface area contributed by atoms with Crippen LogP contribution in [0.15, 0.2) is 12.2 Å². The van der Waals surface area contributed by atoms with Gasteiger partial charge in [0.1, 0.15) is 0 Å². The normalized spacial score (nSPS) is 12.6. The Morgan fingerprint density at radius 2 is 0.667 bits per heavy atom. The molecule has 0 bridgehead atoms. The number of amides is 1. The van der Waals surface area contributed by atoms with Crippen molar-refractivity contribution in [2.24, 2.45) is 0 Å². The van der Waals surface area contributed by atoms with Crippen LogP contribution in [0.25, 0.3) is 0 Å². The molecule has 1 amide bonds. The largest absolute Gasteiger partial charge is 0.466 e. The highest BCUT2D eigenvalue weighted by atomic mass is 16.5. The fraction of sp³-hybridized carbons (Fsp3) is 0.937. The van der Waals surface area contributed by atoms with Gasteiger partial charge >= 0.3 is 5.97 Å². The number of carbonyl (C=O) groups excluding carboxylic acids is 2. The molecule has 0 aliphatic heterocycles. The first kappa shape index (κ1) is 67.6. The summed E-state index contributed by atoms with van der Waals surface area (Å²) in [6, 6.07) is -0.634. The second-order valence-corrected chi connectivity index (χ2v) is 21.8. The quantitative estimate of drug-likeness (QED) is 0.0321. The van der Waals surface area contributed by atoms with E-state index < -0.39 is 12.1 Å². The number of hydrogen-bond donors (Lipinski definition) is 3. The molecule has 0 spiro atoms. The zero-order valence-electron chi connectivity index (χ0n) is 46.8. The number of aliphatic hydroxyl groups excluding tert-OH is 2. The Bertz CT molecular complexity index is 1030. The van der Waals surface area contributed by atoms with Gasteiger partial charge in [-0.05, 0) is 32.1 Å². The van der Waals surface area contributed by atoms with Crippen LogP contribution in [0.4, 0.5) is 0 Å². The molecular weight excluding hydrogens is 851 g/mol. The third kappa shape index (κ3) is 55.8. The van der Waals surface area contributed by atoms with Gasteiger partial charge in [-0.3, -0.25) is 9.59 Å². The summed E-state index contributed by atoms with van der Waals surface area (Å²) in [4.78, 5) is 24.6. The lowest BCUT2D eigenvalue weighted by atomic mass is 10.0. The molecule has 0 heterocycles. The van der Waals surface area contributed by atoms with Crippen LogP contribution in [0.3, 0.4) is 0 Å². The van der Waals surface area contributed by atoms with E-state index in [1.165, 1.54) is 283 Å². The second-order valence-electron chi connectivity index (χ2n) is 21.8. The van der Waals surface area contributed by atoms with Gasteiger partial charge in [-0.25, -0.2) is 0 Å². The van der Waals surface area contributed by atoms with E-state index in [1.807, 2.05) is 6.08 Å². The summed E-state index contributed by atoms with van der Waals surface area (Å²) < 4.78 is 5.49. The van der Waals surface area contributed by atoms with E-state index in [2.05, 4.69) is 19.2 Å². The van der Waals surface area contributed by atoms with Gasteiger partial charge < -0.3 is 20.3 Å². The minimum absolute atomic E-state index is 0.00404. The maximum absolute atomic E-state index is 12.5. The Morgan fingerprint density at radius 3 is 0.986 bits per heavy atom. The Balaban J connectivity index is 3.44. The Morgan fingerprint density at radius 1 is 0.391 bits per heavy atom. The molecule has 0 aliphatic rings. The molecule has 6 heteroatoms. The molecule has 0 aromatic carbocycles. The first-order valence-electron chi connectivity index (χ1n) is 31.5. The summed E-state index contributed by atoms with van der Waals surface area (Å²) in [6.45, 7) is 4.92. The van der Waals surface area contributed by atoms with Crippen LogP contribution < -0.4 is 5.32 Å². The lowest BCUT2D eigenvalue weighted by Crippen LogP contribution is -2.45. The average Bonchev–Trinajstić information content (AvgIpc) is 3.35. The molecule has 0 aromatic heterocycles. The molecular formula is C63H123NO5. The fourth-order valence-electron chi connectivity index (χ4n) is 9.99. The van der Waals surface area contributed by atoms with Crippen molar-refractivity contribution in [2.75, 3.05) is 13.2 Å². The monoisotopic (exact) mass is 974 g/mol. The smallest absolute Gasteiger partial charge is 0.305 e. The van der Waals surface area contributed by atoms with Crippen molar-refractivity contribution in [2.45, 2.75) is 366 Å². The first-order valence-corrected chi connectivity index (χ1v) is 31.5. The van der Waals surface area contributed by atoms with E-state index in [0.29, 0.717) is 19.4 Å². The molecule has 0 saturated carbocycles. The van der Waals surface area contributed by atoms with E-state index in [4.69, 9.17) is 4.74 Å². The van der Waals surface area contributed by atoms with Crippen LogP contribution in [0.2, 0.25) is 0 Å².